The van der Waals surface area contributed by atoms with Crippen LogP contribution < -0.4 is 4.18 Å². The van der Waals surface area contributed by atoms with Crippen molar-refractivity contribution in [1.29, 1.82) is 0 Å². The highest BCUT2D eigenvalue weighted by Crippen LogP contribution is 2.58. The number of fused-ring (bicyclic) bond motifs is 8. The maximum atomic E-state index is 12.9. The molecule has 0 heterocycles. The predicted octanol–water partition coefficient (Wildman–Crippen LogP) is 13.0. The van der Waals surface area contributed by atoms with Gasteiger partial charge in [-0.05, 0) is 195 Å². The van der Waals surface area contributed by atoms with Gasteiger partial charge in [0.2, 0.25) is 0 Å². The van der Waals surface area contributed by atoms with E-state index in [1.54, 1.807) is 12.1 Å². The molecule has 0 spiro atoms. The molecule has 12 atom stereocenters. The Bertz CT molecular complexity index is 1620. The van der Waals surface area contributed by atoms with E-state index in [0.29, 0.717) is 41.3 Å². The third-order valence-electron chi connectivity index (χ3n) is 15.1. The highest BCUT2D eigenvalue weighted by atomic mass is 35.5. The van der Waals surface area contributed by atoms with Crippen molar-refractivity contribution in [3.8, 4) is 11.5 Å². The third kappa shape index (κ3) is 8.13. The first-order valence-electron chi connectivity index (χ1n) is 20.0. The van der Waals surface area contributed by atoms with Gasteiger partial charge in [-0.1, -0.05) is 45.2 Å². The molecule has 0 aromatic heterocycles. The van der Waals surface area contributed by atoms with Crippen LogP contribution in [0.3, 0.4) is 0 Å². The number of hydrogen-bond donors (Lipinski definition) is 1. The summed E-state index contributed by atoms with van der Waals surface area (Å²) in [6.45, 7) is 0. The predicted molar refractivity (Wildman–Crippen MR) is 206 cm³/mol. The molecule has 1 N–H and O–H groups in total. The second kappa shape index (κ2) is 15.7. The van der Waals surface area contributed by atoms with Gasteiger partial charge in [-0.3, -0.25) is 0 Å². The van der Waals surface area contributed by atoms with E-state index in [1.807, 2.05) is 0 Å². The molecule has 0 radical (unpaired) electrons. The molecule has 12 unspecified atom stereocenters. The topological polar surface area (TPSA) is 63.6 Å². The fourth-order valence-corrected chi connectivity index (χ4v) is 13.4. The summed E-state index contributed by atoms with van der Waals surface area (Å²) in [5.74, 6) is 8.76. The molecule has 8 aliphatic carbocycles. The summed E-state index contributed by atoms with van der Waals surface area (Å²) in [6, 6.07) is 11.9. The Morgan fingerprint density at radius 2 is 0.868 bits per heavy atom. The molecule has 294 valence electrons. The Labute approximate surface area is 325 Å². The summed E-state index contributed by atoms with van der Waals surface area (Å²) in [7, 11) is -5.65. The van der Waals surface area contributed by atoms with E-state index in [1.165, 1.54) is 88.2 Å². The van der Waals surface area contributed by atoms with Gasteiger partial charge in [-0.2, -0.15) is 21.6 Å². The Morgan fingerprint density at radius 1 is 0.566 bits per heavy atom. The number of phenols is 1. The molecular formula is C43H57Cl2F3O4S. The minimum Gasteiger partial charge on any atom is -0.508 e. The Hall–Kier alpha value is -1.64. The highest BCUT2D eigenvalue weighted by Gasteiger charge is 2.49. The number of phenolic OH excluding ortho intramolecular Hbond substituents is 1. The molecule has 8 aliphatic rings. The van der Waals surface area contributed by atoms with E-state index in [4.69, 9.17) is 23.2 Å². The van der Waals surface area contributed by atoms with E-state index < -0.39 is 15.6 Å². The molecule has 0 saturated heterocycles. The van der Waals surface area contributed by atoms with Crippen LogP contribution in [-0.4, -0.2) is 24.4 Å². The van der Waals surface area contributed by atoms with Crippen molar-refractivity contribution >= 4 is 33.3 Å². The first-order chi connectivity index (χ1) is 24.9. The van der Waals surface area contributed by atoms with Crippen LogP contribution in [0.1, 0.15) is 156 Å². The molecule has 8 bridgehead atoms. The average molecular weight is 798 g/mol. The number of hydrogen-bond acceptors (Lipinski definition) is 4. The molecule has 10 heteroatoms. The molecular weight excluding hydrogens is 740 g/mol. The quantitative estimate of drug-likeness (QED) is 0.180. The van der Waals surface area contributed by atoms with Gasteiger partial charge in [-0.25, -0.2) is 0 Å². The lowest BCUT2D eigenvalue weighted by molar-refractivity contribution is -0.0500. The number of benzene rings is 2. The second-order valence-corrected chi connectivity index (χ2v) is 20.2. The van der Waals surface area contributed by atoms with Crippen LogP contribution in [0.5, 0.6) is 11.5 Å². The molecule has 8 saturated carbocycles. The Morgan fingerprint density at radius 3 is 1.11 bits per heavy atom. The van der Waals surface area contributed by atoms with E-state index in [-0.39, 0.29) is 18.5 Å². The Balaban J connectivity index is 0.000000155. The number of alkyl halides is 5. The van der Waals surface area contributed by atoms with Gasteiger partial charge in [0.25, 0.3) is 0 Å². The molecule has 4 nitrogen and oxygen atoms in total. The fourth-order valence-electron chi connectivity index (χ4n) is 13.0. The average Bonchev–Trinajstić information content (AvgIpc) is 3.98. The lowest BCUT2D eigenvalue weighted by Crippen LogP contribution is -2.28. The van der Waals surface area contributed by atoms with Crippen LogP contribution >= 0.6 is 23.2 Å². The Kier molecular flexibility index (Phi) is 11.7. The molecule has 2 aromatic rings. The minimum atomic E-state index is -5.65. The molecule has 10 rings (SSSR count). The fraction of sp³-hybridized carbons (Fsp3) is 0.721. The van der Waals surface area contributed by atoms with Gasteiger partial charge in [-0.15, -0.1) is 23.2 Å². The van der Waals surface area contributed by atoms with Crippen molar-refractivity contribution in [1.82, 2.24) is 0 Å². The van der Waals surface area contributed by atoms with Crippen molar-refractivity contribution < 1.29 is 30.9 Å². The van der Waals surface area contributed by atoms with Gasteiger partial charge in [0, 0.05) is 0 Å². The van der Waals surface area contributed by atoms with Crippen LogP contribution in [0.4, 0.5) is 13.2 Å². The number of aromatic hydroxyl groups is 1. The summed E-state index contributed by atoms with van der Waals surface area (Å²) in [5, 5.41) is 10.4. The zero-order valence-corrected chi connectivity index (χ0v) is 32.2. The maximum Gasteiger partial charge on any atom is 0.534 e. The third-order valence-corrected chi connectivity index (χ3v) is 16.0. The van der Waals surface area contributed by atoms with Gasteiger partial charge < -0.3 is 9.29 Å². The molecule has 0 amide bonds. The van der Waals surface area contributed by atoms with Crippen molar-refractivity contribution in [2.75, 3.05) is 5.34 Å². The normalized spacial score (nSPS) is 37.2. The van der Waals surface area contributed by atoms with E-state index in [9.17, 15) is 26.7 Å². The summed E-state index contributed by atoms with van der Waals surface area (Å²) in [6.07, 6.45) is 20.7. The lowest BCUT2D eigenvalue weighted by atomic mass is 9.79. The smallest absolute Gasteiger partial charge is 0.508 e. The van der Waals surface area contributed by atoms with Crippen LogP contribution in [0, 0.1) is 47.3 Å². The number of rotatable bonds is 6. The summed E-state index contributed by atoms with van der Waals surface area (Å²) in [4.78, 5) is 0. The number of halogens is 5. The molecule has 0 aliphatic heterocycles. The lowest BCUT2D eigenvalue weighted by Gasteiger charge is -2.27. The zero-order chi connectivity index (χ0) is 36.4. The van der Waals surface area contributed by atoms with Crippen LogP contribution in [0.2, 0.25) is 0 Å². The maximum absolute atomic E-state index is 12.9. The van der Waals surface area contributed by atoms with Gasteiger partial charge >= 0.3 is 15.6 Å². The monoisotopic (exact) mass is 796 g/mol. The first kappa shape index (κ1) is 39.6. The highest BCUT2D eigenvalue weighted by molar-refractivity contribution is 7.88. The summed E-state index contributed by atoms with van der Waals surface area (Å²) in [5.41, 5.74) is -0.554. The standard InChI is InChI=1S/C21H25F3O3S.C20H26O.CH2Cl2.CH4/c22-21(23,24)28(25,26)27-18-10-16(19-7-12-1-3-14(19)5-12)9-17(11-18)20-8-13-2-4-15(20)6-13;21-18-10-16(19-7-12-1-3-14(19)5-12)9-17(11-18)20-8-13-2-4-15(20)6-13;2-1-3;/h9-15,19-20H,1-8H2;9-15,19-21H,1-8H2;1H2;1H4. The minimum absolute atomic E-state index is 0. The van der Waals surface area contributed by atoms with E-state index in [2.05, 4.69) is 28.4 Å². The first-order valence-corrected chi connectivity index (χ1v) is 22.5. The van der Waals surface area contributed by atoms with E-state index in [0.717, 1.165) is 72.3 Å². The van der Waals surface area contributed by atoms with Crippen molar-refractivity contribution in [2.24, 2.45) is 47.3 Å². The van der Waals surface area contributed by atoms with Crippen LogP contribution in [0.15, 0.2) is 36.4 Å². The van der Waals surface area contributed by atoms with Gasteiger partial charge in [0.15, 0.2) is 0 Å². The van der Waals surface area contributed by atoms with Crippen molar-refractivity contribution in [3.63, 3.8) is 0 Å². The van der Waals surface area contributed by atoms with E-state index >= 15 is 0 Å². The largest absolute Gasteiger partial charge is 0.534 e. The SMILES string of the molecule is C.ClCCl.O=S(=O)(Oc1cc(C2CC3CCC2C3)cc(C2CC3CCC2C3)c1)C(F)(F)F.Oc1cc(C2CC3CCC2C3)cc(C2CC3CCC2C3)c1. The van der Waals surface area contributed by atoms with Gasteiger partial charge in [0.05, 0.1) is 5.34 Å². The van der Waals surface area contributed by atoms with Crippen LogP contribution in [-0.2, 0) is 10.1 Å². The van der Waals surface area contributed by atoms with Gasteiger partial charge in [0.1, 0.15) is 11.5 Å². The second-order valence-electron chi connectivity index (χ2n) is 17.9. The molecule has 53 heavy (non-hydrogen) atoms. The van der Waals surface area contributed by atoms with Crippen molar-refractivity contribution in [2.45, 2.75) is 139 Å². The van der Waals surface area contributed by atoms with Crippen molar-refractivity contribution in [3.05, 3.63) is 58.7 Å². The summed E-state index contributed by atoms with van der Waals surface area (Å²) < 4.78 is 66.3. The molecule has 2 aromatic carbocycles. The van der Waals surface area contributed by atoms with Crippen LogP contribution in [0.25, 0.3) is 0 Å². The zero-order valence-electron chi connectivity index (χ0n) is 29.9. The summed E-state index contributed by atoms with van der Waals surface area (Å²) >= 11 is 9.53. The molecule has 8 fully saturated rings.